The molecule has 1 heterocycles. The molecule has 1 aromatic carbocycles. The van der Waals surface area contributed by atoms with Crippen molar-refractivity contribution in [2.24, 2.45) is 5.41 Å². The third kappa shape index (κ3) is 6.37. The van der Waals surface area contributed by atoms with Gasteiger partial charge in [0, 0.05) is 5.54 Å². The summed E-state index contributed by atoms with van der Waals surface area (Å²) >= 11 is 0. The number of carbonyl (C=O) groups is 2. The van der Waals surface area contributed by atoms with Crippen LogP contribution in [0.4, 0.5) is 0 Å². The fraction of sp³-hybridized carbons (Fsp3) is 0.591. The molecule has 8 heteroatoms. The molecule has 1 aromatic heterocycles. The van der Waals surface area contributed by atoms with Crippen LogP contribution in [0, 0.1) is 5.41 Å². The Hall–Kier alpha value is -2.77. The van der Waals surface area contributed by atoms with Crippen LogP contribution in [0.3, 0.4) is 0 Å². The number of benzene rings is 1. The lowest BCUT2D eigenvalue weighted by Crippen LogP contribution is -2.45. The first-order valence-corrected chi connectivity index (χ1v) is 10.1. The average Bonchev–Trinajstić information content (AvgIpc) is 3.07. The highest BCUT2D eigenvalue weighted by Crippen LogP contribution is 2.33. The minimum Gasteiger partial charge on any atom is -0.440 e. The minimum atomic E-state index is -1.29. The number of amides is 1. The van der Waals surface area contributed by atoms with Crippen LogP contribution in [-0.4, -0.2) is 37.6 Å². The molecule has 164 valence electrons. The van der Waals surface area contributed by atoms with E-state index in [-0.39, 0.29) is 11.2 Å². The van der Waals surface area contributed by atoms with E-state index < -0.39 is 29.1 Å². The second kappa shape index (κ2) is 8.53. The fourth-order valence-electron chi connectivity index (χ4n) is 3.57. The molecule has 8 nitrogen and oxygen atoms in total. The maximum Gasteiger partial charge on any atom is 0.339 e. The van der Waals surface area contributed by atoms with Gasteiger partial charge in [-0.25, -0.2) is 9.48 Å². The fourth-order valence-corrected chi connectivity index (χ4v) is 3.57. The van der Waals surface area contributed by atoms with E-state index in [9.17, 15) is 9.59 Å². The van der Waals surface area contributed by atoms with Gasteiger partial charge >= 0.3 is 5.97 Å². The molecule has 1 N–H and O–H groups in total. The SMILES string of the molecule is CC(C)(C)CC(C)(C)n1nnnc1C(OC(=O)c1ccccc1)C(=O)NC(C)(C)C. The molecule has 0 aliphatic heterocycles. The van der Waals surface area contributed by atoms with E-state index in [0.717, 1.165) is 6.42 Å². The first-order chi connectivity index (χ1) is 13.7. The van der Waals surface area contributed by atoms with Crippen LogP contribution in [0.1, 0.15) is 84.1 Å². The van der Waals surface area contributed by atoms with Gasteiger partial charge in [-0.2, -0.15) is 0 Å². The van der Waals surface area contributed by atoms with Crippen molar-refractivity contribution in [1.29, 1.82) is 0 Å². The summed E-state index contributed by atoms with van der Waals surface area (Å²) in [5.74, 6) is -0.905. The van der Waals surface area contributed by atoms with Crippen LogP contribution in [0.5, 0.6) is 0 Å². The normalized spacial score (nSPS) is 13.6. The molecule has 2 aromatic rings. The summed E-state index contributed by atoms with van der Waals surface area (Å²) in [6.07, 6.45) is -0.538. The third-order valence-electron chi connectivity index (χ3n) is 4.24. The summed E-state index contributed by atoms with van der Waals surface area (Å²) in [6.45, 7) is 15.9. The molecule has 1 amide bonds. The van der Waals surface area contributed by atoms with Crippen molar-refractivity contribution >= 4 is 11.9 Å². The second-order valence-electron chi connectivity index (χ2n) is 10.4. The number of tetrazole rings is 1. The van der Waals surface area contributed by atoms with Gasteiger partial charge in [0.1, 0.15) is 0 Å². The van der Waals surface area contributed by atoms with Crippen molar-refractivity contribution in [3.8, 4) is 0 Å². The molecule has 1 atom stereocenters. The van der Waals surface area contributed by atoms with Crippen LogP contribution < -0.4 is 5.32 Å². The van der Waals surface area contributed by atoms with E-state index >= 15 is 0 Å². The number of rotatable bonds is 6. The van der Waals surface area contributed by atoms with Crippen molar-refractivity contribution in [2.45, 2.75) is 79.0 Å². The van der Waals surface area contributed by atoms with E-state index in [1.807, 2.05) is 34.6 Å². The first kappa shape index (κ1) is 23.5. The Kier molecular flexibility index (Phi) is 6.69. The van der Waals surface area contributed by atoms with Crippen molar-refractivity contribution in [3.05, 3.63) is 41.7 Å². The summed E-state index contributed by atoms with van der Waals surface area (Å²) in [5, 5.41) is 14.9. The average molecular weight is 416 g/mol. The number of hydrogen-bond acceptors (Lipinski definition) is 6. The highest BCUT2D eigenvalue weighted by atomic mass is 16.5. The molecule has 0 aliphatic rings. The zero-order chi connectivity index (χ0) is 22.7. The van der Waals surface area contributed by atoms with E-state index in [0.29, 0.717) is 5.56 Å². The molecule has 0 fully saturated rings. The number of aromatic nitrogens is 4. The third-order valence-corrected chi connectivity index (χ3v) is 4.24. The van der Waals surface area contributed by atoms with Crippen LogP contribution in [0.25, 0.3) is 0 Å². The van der Waals surface area contributed by atoms with Gasteiger partial charge < -0.3 is 10.1 Å². The Bertz CT molecular complexity index is 876. The standard InChI is InChI=1S/C22H33N5O3/c1-20(2,3)14-22(7,8)27-17(24-25-26-27)16(18(28)23-21(4,5)6)30-19(29)15-12-10-9-11-13-15/h9-13,16H,14H2,1-8H3,(H,23,28). The van der Waals surface area contributed by atoms with Crippen LogP contribution >= 0.6 is 0 Å². The number of carbonyl (C=O) groups excluding carboxylic acids is 2. The van der Waals surface area contributed by atoms with Crippen molar-refractivity contribution in [1.82, 2.24) is 25.5 Å². The number of hydrogen-bond donors (Lipinski definition) is 1. The Morgan fingerprint density at radius 3 is 2.17 bits per heavy atom. The van der Waals surface area contributed by atoms with Gasteiger partial charge in [0.05, 0.1) is 11.1 Å². The number of esters is 1. The zero-order valence-corrected chi connectivity index (χ0v) is 19.2. The molecule has 1 unspecified atom stereocenters. The minimum absolute atomic E-state index is 0.00337. The van der Waals surface area contributed by atoms with Crippen molar-refractivity contribution < 1.29 is 14.3 Å². The highest BCUT2D eigenvalue weighted by molar-refractivity contribution is 5.92. The molecular formula is C22H33N5O3. The molecule has 0 spiro atoms. The van der Waals surface area contributed by atoms with Crippen molar-refractivity contribution in [2.75, 3.05) is 0 Å². The predicted molar refractivity (Wildman–Crippen MR) is 114 cm³/mol. The van der Waals surface area contributed by atoms with Gasteiger partial charge in [0.15, 0.2) is 0 Å². The molecule has 0 saturated carbocycles. The van der Waals surface area contributed by atoms with Gasteiger partial charge in [0.25, 0.3) is 5.91 Å². The van der Waals surface area contributed by atoms with Gasteiger partial charge in [0.2, 0.25) is 11.9 Å². The van der Waals surface area contributed by atoms with Gasteiger partial charge in [-0.3, -0.25) is 4.79 Å². The lowest BCUT2D eigenvalue weighted by molar-refractivity contribution is -0.132. The molecular weight excluding hydrogens is 382 g/mol. The lowest BCUT2D eigenvalue weighted by Gasteiger charge is -2.33. The predicted octanol–water partition coefficient (Wildman–Crippen LogP) is 3.66. The maximum atomic E-state index is 13.1. The number of ether oxygens (including phenoxy) is 1. The summed E-state index contributed by atoms with van der Waals surface area (Å²) in [5.41, 5.74) is -0.681. The van der Waals surface area contributed by atoms with Gasteiger partial charge in [-0.1, -0.05) is 39.0 Å². The monoisotopic (exact) mass is 415 g/mol. The Balaban J connectivity index is 2.44. The summed E-state index contributed by atoms with van der Waals surface area (Å²) < 4.78 is 7.23. The second-order valence-corrected chi connectivity index (χ2v) is 10.4. The molecule has 30 heavy (non-hydrogen) atoms. The van der Waals surface area contributed by atoms with Crippen LogP contribution in [0.15, 0.2) is 30.3 Å². The molecule has 2 rings (SSSR count). The Morgan fingerprint density at radius 1 is 1.03 bits per heavy atom. The van der Waals surface area contributed by atoms with Crippen LogP contribution in [0.2, 0.25) is 0 Å². The van der Waals surface area contributed by atoms with E-state index in [1.54, 1.807) is 35.0 Å². The van der Waals surface area contributed by atoms with Crippen LogP contribution in [-0.2, 0) is 15.1 Å². The maximum absolute atomic E-state index is 13.1. The number of nitrogens with one attached hydrogen (secondary N) is 1. The first-order valence-electron chi connectivity index (χ1n) is 10.1. The summed E-state index contributed by atoms with van der Waals surface area (Å²) in [4.78, 5) is 25.8. The lowest BCUT2D eigenvalue weighted by atomic mass is 9.82. The van der Waals surface area contributed by atoms with E-state index in [1.165, 1.54) is 0 Å². The van der Waals surface area contributed by atoms with E-state index in [4.69, 9.17) is 4.74 Å². The van der Waals surface area contributed by atoms with Gasteiger partial charge in [-0.15, -0.1) is 5.10 Å². The summed E-state index contributed by atoms with van der Waals surface area (Å²) in [7, 11) is 0. The molecule has 0 aliphatic carbocycles. The molecule has 0 bridgehead atoms. The van der Waals surface area contributed by atoms with Gasteiger partial charge in [-0.05, 0) is 69.0 Å². The Morgan fingerprint density at radius 2 is 1.63 bits per heavy atom. The largest absolute Gasteiger partial charge is 0.440 e. The van der Waals surface area contributed by atoms with Crippen molar-refractivity contribution in [3.63, 3.8) is 0 Å². The topological polar surface area (TPSA) is 99.0 Å². The summed E-state index contributed by atoms with van der Waals surface area (Å²) in [6, 6.07) is 8.53. The van der Waals surface area contributed by atoms with E-state index in [2.05, 4.69) is 41.6 Å². The zero-order valence-electron chi connectivity index (χ0n) is 19.2. The highest BCUT2D eigenvalue weighted by Gasteiger charge is 2.38. The Labute approximate surface area is 178 Å². The number of nitrogens with zero attached hydrogens (tertiary/aromatic N) is 4. The molecule has 0 radical (unpaired) electrons. The quantitative estimate of drug-likeness (QED) is 0.723. The smallest absolute Gasteiger partial charge is 0.339 e. The molecule has 0 saturated heterocycles.